The van der Waals surface area contributed by atoms with Gasteiger partial charge in [-0.15, -0.1) is 12.4 Å². The number of aromatic nitrogens is 2. The number of fused-ring (bicyclic) bond motifs is 1. The van der Waals surface area contributed by atoms with Crippen molar-refractivity contribution in [2.75, 3.05) is 13.1 Å². The molecular weight excluding hydrogens is 323 g/mol. The van der Waals surface area contributed by atoms with Gasteiger partial charge in [-0.25, -0.2) is 9.13 Å². The summed E-state index contributed by atoms with van der Waals surface area (Å²) in [6.45, 7) is 7.25. The fourth-order valence-electron chi connectivity index (χ4n) is 2.34. The molecule has 1 aromatic carbocycles. The fourth-order valence-corrected chi connectivity index (χ4v) is 2.34. The van der Waals surface area contributed by atoms with Crippen LogP contribution < -0.4 is 28.0 Å². The van der Waals surface area contributed by atoms with Crippen molar-refractivity contribution in [2.24, 2.45) is 5.73 Å². The number of nitrogens with two attached hydrogens (primary N) is 1. The van der Waals surface area contributed by atoms with Crippen molar-refractivity contribution in [3.8, 4) is 0 Å². The molecule has 2 aromatic rings. The van der Waals surface area contributed by atoms with E-state index in [1.807, 2.05) is 18.2 Å². The number of carbonyl (C=O) groups excluding carboxylic acids is 1. The summed E-state index contributed by atoms with van der Waals surface area (Å²) in [6.07, 6.45) is 2.90. The van der Waals surface area contributed by atoms with Crippen LogP contribution in [0, 0.1) is 0 Å². The predicted octanol–water partition coefficient (Wildman–Crippen LogP) is -1.53. The summed E-state index contributed by atoms with van der Waals surface area (Å²) in [5.74, 6) is -0.0350. The summed E-state index contributed by atoms with van der Waals surface area (Å²) in [6, 6.07) is 5.86. The zero-order chi connectivity index (χ0) is 14.5. The number of nitrogens with zero attached hydrogens (tertiary/aromatic N) is 2. The first kappa shape index (κ1) is 20.7. The van der Waals surface area contributed by atoms with Crippen molar-refractivity contribution in [1.82, 2.24) is 9.88 Å². The highest BCUT2D eigenvalue weighted by molar-refractivity contribution is 5.97. The Balaban J connectivity index is 0.00000220. The first-order valence-electron chi connectivity index (χ1n) is 7.21. The Morgan fingerprint density at radius 2 is 2.09 bits per heavy atom. The van der Waals surface area contributed by atoms with Gasteiger partial charge in [-0.3, -0.25) is 4.79 Å². The number of amides is 1. The molecule has 0 saturated carbocycles. The van der Waals surface area contributed by atoms with Crippen LogP contribution in [-0.4, -0.2) is 23.6 Å². The number of imidazole rings is 1. The summed E-state index contributed by atoms with van der Waals surface area (Å²) in [5, 5.41) is 2.89. The molecule has 1 aromatic heterocycles. The topological polar surface area (TPSA) is 63.9 Å². The second-order valence-electron chi connectivity index (χ2n) is 4.79. The van der Waals surface area contributed by atoms with Gasteiger partial charge < -0.3 is 23.5 Å². The maximum atomic E-state index is 12.1. The third kappa shape index (κ3) is 4.35. The molecule has 0 aliphatic rings. The molecule has 0 spiro atoms. The highest BCUT2D eigenvalue weighted by Crippen LogP contribution is 2.14. The maximum absolute atomic E-state index is 12.1. The zero-order valence-electron chi connectivity index (χ0n) is 13.0. The minimum atomic E-state index is -0.0350. The molecule has 0 radical (unpaired) electrons. The zero-order valence-corrected chi connectivity index (χ0v) is 14.6. The van der Waals surface area contributed by atoms with E-state index in [-0.39, 0.29) is 30.7 Å². The van der Waals surface area contributed by atoms with Crippen LogP contribution in [0.4, 0.5) is 0 Å². The molecule has 0 aliphatic heterocycles. The number of hydrogen-bond acceptors (Lipinski definition) is 2. The first-order valence-corrected chi connectivity index (χ1v) is 7.21. The number of aryl methyl sites for hydroxylation is 2. The molecule has 2 rings (SSSR count). The Hall–Kier alpha value is -1.30. The molecule has 5 nitrogen and oxygen atoms in total. The van der Waals surface area contributed by atoms with Gasteiger partial charge in [-0.05, 0) is 38.9 Å². The van der Waals surface area contributed by atoms with E-state index in [2.05, 4.69) is 34.6 Å². The second-order valence-corrected chi connectivity index (χ2v) is 4.79. The van der Waals surface area contributed by atoms with Gasteiger partial charge in [0, 0.05) is 18.2 Å². The average molecular weight is 347 g/mol. The van der Waals surface area contributed by atoms with Gasteiger partial charge in [0.15, 0.2) is 11.0 Å². The van der Waals surface area contributed by atoms with Crippen molar-refractivity contribution < 1.29 is 21.8 Å². The lowest BCUT2D eigenvalue weighted by atomic mass is 10.2. The SMILES string of the molecule is CCn1c[n+](CC)c2ccc(C(=O)NCCCN)cc21.Cl.[Cl-]. The summed E-state index contributed by atoms with van der Waals surface area (Å²) < 4.78 is 4.35. The lowest BCUT2D eigenvalue weighted by Crippen LogP contribution is -3.00. The minimum Gasteiger partial charge on any atom is -1.00 e. The lowest BCUT2D eigenvalue weighted by Gasteiger charge is -2.04. The van der Waals surface area contributed by atoms with Gasteiger partial charge in [0.25, 0.3) is 5.91 Å². The van der Waals surface area contributed by atoms with Crippen LogP contribution in [0.1, 0.15) is 30.6 Å². The van der Waals surface area contributed by atoms with Gasteiger partial charge in [0.2, 0.25) is 6.33 Å². The number of benzene rings is 1. The number of nitrogens with one attached hydrogen (secondary N) is 1. The quantitative estimate of drug-likeness (QED) is 0.492. The maximum Gasteiger partial charge on any atom is 0.251 e. The van der Waals surface area contributed by atoms with E-state index in [1.54, 1.807) is 0 Å². The number of carbonyl (C=O) groups is 1. The van der Waals surface area contributed by atoms with E-state index < -0.39 is 0 Å². The molecule has 0 fully saturated rings. The third-order valence-corrected chi connectivity index (χ3v) is 3.48. The van der Waals surface area contributed by atoms with Gasteiger partial charge >= 0.3 is 0 Å². The van der Waals surface area contributed by atoms with Crippen molar-refractivity contribution >= 4 is 29.3 Å². The molecule has 0 unspecified atom stereocenters. The molecule has 0 saturated heterocycles. The highest BCUT2D eigenvalue weighted by Gasteiger charge is 2.16. The van der Waals surface area contributed by atoms with E-state index in [0.29, 0.717) is 18.7 Å². The summed E-state index contributed by atoms with van der Waals surface area (Å²) >= 11 is 0. The van der Waals surface area contributed by atoms with Crippen molar-refractivity contribution in [2.45, 2.75) is 33.4 Å². The minimum absolute atomic E-state index is 0. The van der Waals surface area contributed by atoms with Crippen LogP contribution in [0.25, 0.3) is 11.0 Å². The Kier molecular flexibility index (Phi) is 9.09. The summed E-state index contributed by atoms with van der Waals surface area (Å²) in [5.41, 5.74) is 8.38. The first-order chi connectivity index (χ1) is 9.71. The molecule has 124 valence electrons. The van der Waals surface area contributed by atoms with E-state index in [1.165, 1.54) is 0 Å². The van der Waals surface area contributed by atoms with Crippen molar-refractivity contribution in [1.29, 1.82) is 0 Å². The smallest absolute Gasteiger partial charge is 0.251 e. The number of halogens is 2. The Labute approximate surface area is 143 Å². The normalized spacial score (nSPS) is 9.95. The van der Waals surface area contributed by atoms with Gasteiger partial charge in [0.1, 0.15) is 0 Å². The molecule has 3 N–H and O–H groups in total. The molecule has 22 heavy (non-hydrogen) atoms. The summed E-state index contributed by atoms with van der Waals surface area (Å²) in [7, 11) is 0. The molecular formula is C15H24Cl2N4O. The fraction of sp³-hybridized carbons (Fsp3) is 0.467. The predicted molar refractivity (Wildman–Crippen MR) is 86.7 cm³/mol. The Morgan fingerprint density at radius 1 is 1.36 bits per heavy atom. The average Bonchev–Trinajstić information content (AvgIpc) is 2.84. The van der Waals surface area contributed by atoms with Gasteiger partial charge in [-0.2, -0.15) is 0 Å². The summed E-state index contributed by atoms with van der Waals surface area (Å²) in [4.78, 5) is 12.1. The molecule has 1 heterocycles. The highest BCUT2D eigenvalue weighted by atomic mass is 35.5. The van der Waals surface area contributed by atoms with Gasteiger partial charge in [0.05, 0.1) is 13.1 Å². The van der Waals surface area contributed by atoms with Gasteiger partial charge in [-0.1, -0.05) is 0 Å². The third-order valence-electron chi connectivity index (χ3n) is 3.48. The number of rotatable bonds is 6. The second kappa shape index (κ2) is 9.66. The van der Waals surface area contributed by atoms with Crippen LogP contribution >= 0.6 is 12.4 Å². The van der Waals surface area contributed by atoms with Crippen molar-refractivity contribution in [3.05, 3.63) is 30.1 Å². The monoisotopic (exact) mass is 346 g/mol. The van der Waals surface area contributed by atoms with E-state index in [0.717, 1.165) is 30.5 Å². The number of hydrogen-bond donors (Lipinski definition) is 2. The van der Waals surface area contributed by atoms with Crippen LogP contribution in [0.2, 0.25) is 0 Å². The van der Waals surface area contributed by atoms with Crippen LogP contribution in [0.5, 0.6) is 0 Å². The molecule has 7 heteroatoms. The lowest BCUT2D eigenvalue weighted by molar-refractivity contribution is -0.668. The molecule has 0 bridgehead atoms. The van der Waals surface area contributed by atoms with E-state index in [9.17, 15) is 4.79 Å². The molecule has 0 atom stereocenters. The van der Waals surface area contributed by atoms with Crippen molar-refractivity contribution in [3.63, 3.8) is 0 Å². The van der Waals surface area contributed by atoms with Crippen LogP contribution in [-0.2, 0) is 13.1 Å². The largest absolute Gasteiger partial charge is 1.00 e. The van der Waals surface area contributed by atoms with Crippen LogP contribution in [0.3, 0.4) is 0 Å². The van der Waals surface area contributed by atoms with E-state index in [4.69, 9.17) is 5.73 Å². The van der Waals surface area contributed by atoms with E-state index >= 15 is 0 Å². The van der Waals surface area contributed by atoms with Crippen LogP contribution in [0.15, 0.2) is 24.5 Å². The molecule has 0 aliphatic carbocycles. The Bertz CT molecular complexity index is 613. The molecule has 1 amide bonds. The standard InChI is InChI=1S/C15H22N4O.2ClH/c1-3-18-11-19(4-2)14-10-12(6-7-13(14)18)15(20)17-9-5-8-16;;/h6-7,10-11H,3-5,8-9,16H2,1-2H3;2*1H. The Morgan fingerprint density at radius 3 is 2.68 bits per heavy atom.